The first-order valence-electron chi connectivity index (χ1n) is 3.56. The predicted octanol–water partition coefficient (Wildman–Crippen LogP) is 2.47. The molecule has 3 heteroatoms. The number of rotatable bonds is 0. The summed E-state index contributed by atoms with van der Waals surface area (Å²) < 4.78 is 0. The molecule has 0 saturated heterocycles. The van der Waals surface area contributed by atoms with Crippen molar-refractivity contribution in [2.75, 3.05) is 5.73 Å². The van der Waals surface area contributed by atoms with Crippen LogP contribution < -0.4 is 5.73 Å². The highest BCUT2D eigenvalue weighted by molar-refractivity contribution is 6.31. The van der Waals surface area contributed by atoms with Gasteiger partial charge in [0.2, 0.25) is 0 Å². The van der Waals surface area contributed by atoms with E-state index < -0.39 is 0 Å². The number of aromatic nitrogens is 1. The van der Waals surface area contributed by atoms with Crippen molar-refractivity contribution in [1.82, 2.24) is 4.98 Å². The van der Waals surface area contributed by atoms with Crippen LogP contribution in [0.4, 0.5) is 5.69 Å². The quantitative estimate of drug-likeness (QED) is 0.673. The monoisotopic (exact) mass is 178 g/mol. The second-order valence-corrected chi connectivity index (χ2v) is 3.04. The van der Waals surface area contributed by atoms with Crippen LogP contribution in [0.15, 0.2) is 30.5 Å². The smallest absolute Gasteiger partial charge is 0.0718 e. The number of anilines is 1. The minimum atomic E-state index is 0.671. The van der Waals surface area contributed by atoms with Gasteiger partial charge in [0.15, 0.2) is 0 Å². The average Bonchev–Trinajstić information content (AvgIpc) is 2.05. The van der Waals surface area contributed by atoms with E-state index in [2.05, 4.69) is 4.98 Å². The third kappa shape index (κ3) is 1.21. The second-order valence-electron chi connectivity index (χ2n) is 2.61. The largest absolute Gasteiger partial charge is 0.397 e. The summed E-state index contributed by atoms with van der Waals surface area (Å²) in [5.41, 5.74) is 7.11. The van der Waals surface area contributed by atoms with E-state index in [1.807, 2.05) is 24.3 Å². The molecule has 0 aliphatic carbocycles. The maximum atomic E-state index is 5.79. The third-order valence-electron chi connectivity index (χ3n) is 1.67. The second kappa shape index (κ2) is 2.64. The summed E-state index contributed by atoms with van der Waals surface area (Å²) in [5.74, 6) is 0. The Morgan fingerprint density at radius 1 is 1.25 bits per heavy atom. The zero-order valence-electron chi connectivity index (χ0n) is 6.29. The molecule has 2 nitrogen and oxygen atoms in total. The van der Waals surface area contributed by atoms with E-state index in [9.17, 15) is 0 Å². The summed E-state index contributed by atoms with van der Waals surface area (Å²) in [6.45, 7) is 0. The molecule has 0 aliphatic heterocycles. The van der Waals surface area contributed by atoms with Crippen molar-refractivity contribution in [2.45, 2.75) is 0 Å². The van der Waals surface area contributed by atoms with Gasteiger partial charge in [-0.2, -0.15) is 0 Å². The summed E-state index contributed by atoms with van der Waals surface area (Å²) in [6.07, 6.45) is 1.62. The summed E-state index contributed by atoms with van der Waals surface area (Å²) in [5, 5.41) is 1.71. The minimum absolute atomic E-state index is 0.671. The Kier molecular flexibility index (Phi) is 1.62. The van der Waals surface area contributed by atoms with Gasteiger partial charge in [0, 0.05) is 10.4 Å². The maximum absolute atomic E-state index is 5.79. The minimum Gasteiger partial charge on any atom is -0.397 e. The summed E-state index contributed by atoms with van der Waals surface area (Å²) >= 11 is 5.79. The summed E-state index contributed by atoms with van der Waals surface area (Å²) in [7, 11) is 0. The van der Waals surface area contributed by atoms with Gasteiger partial charge in [0.05, 0.1) is 17.4 Å². The molecule has 0 radical (unpaired) electrons. The van der Waals surface area contributed by atoms with Crippen molar-refractivity contribution in [1.29, 1.82) is 0 Å². The van der Waals surface area contributed by atoms with Crippen LogP contribution in [0.5, 0.6) is 0 Å². The lowest BCUT2D eigenvalue weighted by Gasteiger charge is -1.98. The molecule has 0 spiro atoms. The van der Waals surface area contributed by atoms with E-state index in [0.717, 1.165) is 10.9 Å². The molecule has 0 atom stereocenters. The highest BCUT2D eigenvalue weighted by Crippen LogP contribution is 2.18. The topological polar surface area (TPSA) is 38.9 Å². The van der Waals surface area contributed by atoms with Gasteiger partial charge in [-0.05, 0) is 18.2 Å². The molecule has 2 rings (SSSR count). The van der Waals surface area contributed by atoms with Crippen LogP contribution in [0, 0.1) is 0 Å². The summed E-state index contributed by atoms with van der Waals surface area (Å²) in [4.78, 5) is 4.13. The van der Waals surface area contributed by atoms with Crippen molar-refractivity contribution in [2.24, 2.45) is 0 Å². The molecule has 0 unspecified atom stereocenters. The number of hydrogen-bond donors (Lipinski definition) is 1. The van der Waals surface area contributed by atoms with Gasteiger partial charge in [-0.3, -0.25) is 4.98 Å². The SMILES string of the molecule is Nc1cnc2cc(Cl)ccc2c1. The first kappa shape index (κ1) is 7.37. The lowest BCUT2D eigenvalue weighted by Crippen LogP contribution is -1.86. The Labute approximate surface area is 75.0 Å². The van der Waals surface area contributed by atoms with E-state index >= 15 is 0 Å². The number of halogens is 1. The van der Waals surface area contributed by atoms with Crippen LogP contribution in [0.1, 0.15) is 0 Å². The van der Waals surface area contributed by atoms with Gasteiger partial charge in [0.1, 0.15) is 0 Å². The number of hydrogen-bond acceptors (Lipinski definition) is 2. The Balaban J connectivity index is 2.79. The van der Waals surface area contributed by atoms with E-state index in [1.54, 1.807) is 6.20 Å². The van der Waals surface area contributed by atoms with Crippen molar-refractivity contribution in [3.8, 4) is 0 Å². The highest BCUT2D eigenvalue weighted by Gasteiger charge is 1.95. The lowest BCUT2D eigenvalue weighted by atomic mass is 10.2. The zero-order chi connectivity index (χ0) is 8.55. The average molecular weight is 179 g/mol. The predicted molar refractivity (Wildman–Crippen MR) is 51.2 cm³/mol. The number of fused-ring (bicyclic) bond motifs is 1. The zero-order valence-corrected chi connectivity index (χ0v) is 7.05. The molecule has 0 aliphatic rings. The van der Waals surface area contributed by atoms with Crippen LogP contribution in [0.3, 0.4) is 0 Å². The van der Waals surface area contributed by atoms with Gasteiger partial charge in [0.25, 0.3) is 0 Å². The number of nitrogen functional groups attached to an aromatic ring is 1. The number of nitrogens with two attached hydrogens (primary N) is 1. The Morgan fingerprint density at radius 3 is 2.92 bits per heavy atom. The molecule has 0 bridgehead atoms. The van der Waals surface area contributed by atoms with Gasteiger partial charge in [-0.15, -0.1) is 0 Å². The van der Waals surface area contributed by atoms with Crippen molar-refractivity contribution < 1.29 is 0 Å². The number of nitrogens with zero attached hydrogens (tertiary/aromatic N) is 1. The molecule has 2 aromatic rings. The van der Waals surface area contributed by atoms with Crippen molar-refractivity contribution in [3.05, 3.63) is 35.5 Å². The fourth-order valence-electron chi connectivity index (χ4n) is 1.11. The molecule has 0 amide bonds. The van der Waals surface area contributed by atoms with Gasteiger partial charge < -0.3 is 5.73 Å². The highest BCUT2D eigenvalue weighted by atomic mass is 35.5. The van der Waals surface area contributed by atoms with Crippen LogP contribution in [-0.2, 0) is 0 Å². The number of pyridine rings is 1. The maximum Gasteiger partial charge on any atom is 0.0718 e. The van der Waals surface area contributed by atoms with Gasteiger partial charge >= 0.3 is 0 Å². The molecular weight excluding hydrogens is 172 g/mol. The normalized spacial score (nSPS) is 10.4. The Hall–Kier alpha value is -1.28. The first-order valence-corrected chi connectivity index (χ1v) is 3.94. The van der Waals surface area contributed by atoms with E-state index in [-0.39, 0.29) is 0 Å². The standard InChI is InChI=1S/C9H7ClN2/c10-7-2-1-6-3-8(11)5-12-9(6)4-7/h1-5H,11H2. The van der Waals surface area contributed by atoms with Gasteiger partial charge in [-0.1, -0.05) is 17.7 Å². The molecule has 1 aromatic carbocycles. The molecule has 12 heavy (non-hydrogen) atoms. The third-order valence-corrected chi connectivity index (χ3v) is 1.90. The Morgan fingerprint density at radius 2 is 2.08 bits per heavy atom. The van der Waals surface area contributed by atoms with Crippen LogP contribution >= 0.6 is 11.6 Å². The molecule has 0 fully saturated rings. The van der Waals surface area contributed by atoms with E-state index in [4.69, 9.17) is 17.3 Å². The van der Waals surface area contributed by atoms with Crippen LogP contribution in [0.25, 0.3) is 10.9 Å². The fraction of sp³-hybridized carbons (Fsp3) is 0. The van der Waals surface area contributed by atoms with Crippen LogP contribution in [-0.4, -0.2) is 4.98 Å². The fourth-order valence-corrected chi connectivity index (χ4v) is 1.28. The van der Waals surface area contributed by atoms with E-state index in [1.165, 1.54) is 0 Å². The van der Waals surface area contributed by atoms with Crippen LogP contribution in [0.2, 0.25) is 5.02 Å². The van der Waals surface area contributed by atoms with Gasteiger partial charge in [-0.25, -0.2) is 0 Å². The molecule has 1 aromatic heterocycles. The molecular formula is C9H7ClN2. The lowest BCUT2D eigenvalue weighted by molar-refractivity contribution is 1.41. The first-order chi connectivity index (χ1) is 5.75. The molecule has 0 saturated carbocycles. The molecule has 1 heterocycles. The van der Waals surface area contributed by atoms with E-state index in [0.29, 0.717) is 10.7 Å². The summed E-state index contributed by atoms with van der Waals surface area (Å²) in [6, 6.07) is 7.42. The molecule has 2 N–H and O–H groups in total. The Bertz CT molecular complexity index is 385. The number of benzene rings is 1. The molecule has 60 valence electrons. The van der Waals surface area contributed by atoms with Crippen molar-refractivity contribution >= 4 is 28.2 Å². The van der Waals surface area contributed by atoms with Crippen molar-refractivity contribution in [3.63, 3.8) is 0 Å².